The highest BCUT2D eigenvalue weighted by molar-refractivity contribution is 6.38. The lowest BCUT2D eigenvalue weighted by atomic mass is 10.00. The van der Waals surface area contributed by atoms with Crippen molar-refractivity contribution >= 4 is 46.6 Å². The largest absolute Gasteiger partial charge is 0.492 e. The maximum Gasteiger partial charge on any atom is 0.281 e. The predicted molar refractivity (Wildman–Crippen MR) is 123 cm³/mol. The van der Waals surface area contributed by atoms with E-state index in [0.717, 1.165) is 5.56 Å². The fourth-order valence-corrected chi connectivity index (χ4v) is 3.80. The number of benzene rings is 3. The molecule has 4 nitrogen and oxygen atoms in total. The quantitative estimate of drug-likeness (QED) is 0.445. The van der Waals surface area contributed by atoms with Gasteiger partial charge < -0.3 is 4.74 Å². The monoisotopic (exact) mass is 436 g/mol. The molecule has 0 aliphatic carbocycles. The molecule has 3 aromatic rings. The second kappa shape index (κ2) is 8.74. The molecule has 0 saturated carbocycles. The number of amides is 1. The SMILES string of the molecule is CCOc1c(Cl)cc(Cl)cc1/C=C1\C(=O)N(c2ccccc2)N=C1c1ccccc1. The summed E-state index contributed by atoms with van der Waals surface area (Å²) in [5.74, 6) is 0.244. The van der Waals surface area contributed by atoms with Crippen LogP contribution >= 0.6 is 23.2 Å². The van der Waals surface area contributed by atoms with E-state index in [0.29, 0.717) is 44.9 Å². The molecule has 6 heteroatoms. The van der Waals surface area contributed by atoms with E-state index in [1.165, 1.54) is 5.01 Å². The second-order valence-corrected chi connectivity index (χ2v) is 7.41. The maximum absolute atomic E-state index is 13.4. The Balaban J connectivity index is 1.88. The molecule has 1 aliphatic rings. The van der Waals surface area contributed by atoms with Gasteiger partial charge in [-0.1, -0.05) is 71.7 Å². The van der Waals surface area contributed by atoms with Crippen molar-refractivity contribution < 1.29 is 9.53 Å². The first-order chi connectivity index (χ1) is 14.6. The van der Waals surface area contributed by atoms with Crippen molar-refractivity contribution in [1.29, 1.82) is 0 Å². The van der Waals surface area contributed by atoms with Crippen LogP contribution in [0.3, 0.4) is 0 Å². The van der Waals surface area contributed by atoms with Gasteiger partial charge in [-0.25, -0.2) is 0 Å². The zero-order chi connectivity index (χ0) is 21.1. The van der Waals surface area contributed by atoms with Crippen LogP contribution in [-0.4, -0.2) is 18.2 Å². The molecule has 0 unspecified atom stereocenters. The molecule has 1 aliphatic heterocycles. The number of carbonyl (C=O) groups excluding carboxylic acids is 1. The van der Waals surface area contributed by atoms with Crippen LogP contribution in [0.5, 0.6) is 5.75 Å². The van der Waals surface area contributed by atoms with Crippen molar-refractivity contribution in [3.8, 4) is 5.75 Å². The Labute approximate surface area is 185 Å². The van der Waals surface area contributed by atoms with E-state index in [4.69, 9.17) is 27.9 Å². The van der Waals surface area contributed by atoms with Gasteiger partial charge in [0.15, 0.2) is 0 Å². The molecule has 1 amide bonds. The van der Waals surface area contributed by atoms with Crippen LogP contribution in [0.2, 0.25) is 10.0 Å². The standard InChI is InChI=1S/C24H18Cl2N2O2/c1-2-30-23-17(13-18(25)15-21(23)26)14-20-22(16-9-5-3-6-10-16)27-28(24(20)29)19-11-7-4-8-12-19/h3-15H,2H2,1H3/b20-14-. The third kappa shape index (κ3) is 3.97. The molecule has 0 fully saturated rings. The average Bonchev–Trinajstić information content (AvgIpc) is 3.08. The molecule has 0 saturated heterocycles. The summed E-state index contributed by atoms with van der Waals surface area (Å²) in [4.78, 5) is 13.4. The van der Waals surface area contributed by atoms with E-state index in [1.807, 2.05) is 67.6 Å². The molecule has 0 N–H and O–H groups in total. The van der Waals surface area contributed by atoms with Crippen LogP contribution < -0.4 is 9.75 Å². The number of nitrogens with zero attached hydrogens (tertiary/aromatic N) is 2. The van der Waals surface area contributed by atoms with Crippen molar-refractivity contribution in [1.82, 2.24) is 0 Å². The van der Waals surface area contributed by atoms with E-state index in [-0.39, 0.29) is 5.91 Å². The van der Waals surface area contributed by atoms with Crippen molar-refractivity contribution in [3.05, 3.63) is 99.5 Å². The van der Waals surface area contributed by atoms with Crippen molar-refractivity contribution in [3.63, 3.8) is 0 Å². The molecule has 4 rings (SSSR count). The molecule has 0 bridgehead atoms. The smallest absolute Gasteiger partial charge is 0.281 e. The van der Waals surface area contributed by atoms with Gasteiger partial charge in [-0.15, -0.1) is 0 Å². The molecule has 0 spiro atoms. The lowest BCUT2D eigenvalue weighted by molar-refractivity contribution is -0.114. The summed E-state index contributed by atoms with van der Waals surface area (Å²) in [6, 6.07) is 22.2. The molecular formula is C24H18Cl2N2O2. The van der Waals surface area contributed by atoms with E-state index >= 15 is 0 Å². The number of ether oxygens (including phenoxy) is 1. The van der Waals surface area contributed by atoms with Crippen molar-refractivity contribution in [2.45, 2.75) is 6.92 Å². The third-order valence-electron chi connectivity index (χ3n) is 4.55. The van der Waals surface area contributed by atoms with Crippen LogP contribution in [0.25, 0.3) is 6.08 Å². The van der Waals surface area contributed by atoms with E-state index in [1.54, 1.807) is 18.2 Å². The first kappa shape index (κ1) is 20.2. The number of hydrazone groups is 1. The summed E-state index contributed by atoms with van der Waals surface area (Å²) in [6.45, 7) is 2.30. The van der Waals surface area contributed by atoms with Gasteiger partial charge in [-0.05, 0) is 37.3 Å². The van der Waals surface area contributed by atoms with Gasteiger partial charge in [0.2, 0.25) is 0 Å². The Hall–Kier alpha value is -3.08. The van der Waals surface area contributed by atoms with Gasteiger partial charge in [-0.3, -0.25) is 4.79 Å². The third-order valence-corrected chi connectivity index (χ3v) is 5.05. The summed E-state index contributed by atoms with van der Waals surface area (Å²) in [5, 5.41) is 6.88. The molecule has 30 heavy (non-hydrogen) atoms. The van der Waals surface area contributed by atoms with Crippen LogP contribution in [0.4, 0.5) is 5.69 Å². The number of anilines is 1. The molecule has 0 aromatic heterocycles. The van der Waals surface area contributed by atoms with Gasteiger partial charge in [0, 0.05) is 16.1 Å². The topological polar surface area (TPSA) is 41.9 Å². The summed E-state index contributed by atoms with van der Waals surface area (Å²) in [6.07, 6.45) is 1.74. The van der Waals surface area contributed by atoms with Gasteiger partial charge >= 0.3 is 0 Å². The second-order valence-electron chi connectivity index (χ2n) is 6.56. The summed E-state index contributed by atoms with van der Waals surface area (Å²) in [7, 11) is 0. The predicted octanol–water partition coefficient (Wildman–Crippen LogP) is 6.23. The fourth-order valence-electron chi connectivity index (χ4n) is 3.24. The average molecular weight is 437 g/mol. The zero-order valence-electron chi connectivity index (χ0n) is 16.2. The molecule has 0 radical (unpaired) electrons. The van der Waals surface area contributed by atoms with E-state index in [2.05, 4.69) is 5.10 Å². The number of hydrogen-bond donors (Lipinski definition) is 0. The van der Waals surface area contributed by atoms with Gasteiger partial charge in [0.25, 0.3) is 5.91 Å². The van der Waals surface area contributed by atoms with Crippen LogP contribution in [0, 0.1) is 0 Å². The Kier molecular flexibility index (Phi) is 5.88. The minimum Gasteiger partial charge on any atom is -0.492 e. The van der Waals surface area contributed by atoms with Gasteiger partial charge in [0.1, 0.15) is 11.5 Å². The Morgan fingerprint density at radius 3 is 2.33 bits per heavy atom. The number of halogens is 2. The maximum atomic E-state index is 13.4. The molecular weight excluding hydrogens is 419 g/mol. The van der Waals surface area contributed by atoms with Crippen LogP contribution in [0.1, 0.15) is 18.1 Å². The molecule has 1 heterocycles. The summed E-state index contributed by atoms with van der Waals surface area (Å²) in [5.41, 5.74) is 3.15. The number of para-hydroxylation sites is 1. The van der Waals surface area contributed by atoms with Gasteiger partial charge in [0.05, 0.1) is 22.9 Å². The minimum absolute atomic E-state index is 0.237. The van der Waals surface area contributed by atoms with E-state index < -0.39 is 0 Å². The van der Waals surface area contributed by atoms with Gasteiger partial charge in [-0.2, -0.15) is 10.1 Å². The lowest BCUT2D eigenvalue weighted by Gasteiger charge is -2.12. The number of rotatable bonds is 5. The Morgan fingerprint density at radius 1 is 1.00 bits per heavy atom. The van der Waals surface area contributed by atoms with Crippen molar-refractivity contribution in [2.75, 3.05) is 11.6 Å². The number of hydrogen-bond acceptors (Lipinski definition) is 3. The minimum atomic E-state index is -0.237. The highest BCUT2D eigenvalue weighted by Crippen LogP contribution is 2.36. The Morgan fingerprint density at radius 2 is 1.67 bits per heavy atom. The van der Waals surface area contributed by atoms with Crippen molar-refractivity contribution in [2.24, 2.45) is 5.10 Å². The number of carbonyl (C=O) groups is 1. The first-order valence-corrected chi connectivity index (χ1v) is 10.2. The highest BCUT2D eigenvalue weighted by atomic mass is 35.5. The molecule has 0 atom stereocenters. The van der Waals surface area contributed by atoms with Crippen LogP contribution in [-0.2, 0) is 4.79 Å². The molecule has 3 aromatic carbocycles. The Bertz CT molecular complexity index is 1140. The van der Waals surface area contributed by atoms with E-state index in [9.17, 15) is 4.79 Å². The lowest BCUT2D eigenvalue weighted by Crippen LogP contribution is -2.21. The molecule has 150 valence electrons. The fraction of sp³-hybridized carbons (Fsp3) is 0.0833. The zero-order valence-corrected chi connectivity index (χ0v) is 17.7. The first-order valence-electron chi connectivity index (χ1n) is 9.46. The normalized spacial score (nSPS) is 14.9. The summed E-state index contributed by atoms with van der Waals surface area (Å²) >= 11 is 12.6. The highest BCUT2D eigenvalue weighted by Gasteiger charge is 2.32. The van der Waals surface area contributed by atoms with Crippen LogP contribution in [0.15, 0.2) is 83.5 Å². The summed E-state index contributed by atoms with van der Waals surface area (Å²) < 4.78 is 5.72.